The van der Waals surface area contributed by atoms with Gasteiger partial charge in [0.15, 0.2) is 0 Å². The van der Waals surface area contributed by atoms with Crippen LogP contribution >= 0.6 is 0 Å². The molecule has 0 saturated carbocycles. The summed E-state index contributed by atoms with van der Waals surface area (Å²) in [7, 11) is 0. The first kappa shape index (κ1) is 41.2. The summed E-state index contributed by atoms with van der Waals surface area (Å²) in [5, 5.41) is 61.1. The van der Waals surface area contributed by atoms with Crippen LogP contribution in [0.5, 0.6) is 0 Å². The number of tetrazole rings is 3. The Morgan fingerprint density at radius 1 is 0.788 bits per heavy atom. The first-order valence-corrected chi connectivity index (χ1v) is 14.3. The van der Waals surface area contributed by atoms with E-state index in [4.69, 9.17) is 16.1 Å². The number of ketones is 1. The summed E-state index contributed by atoms with van der Waals surface area (Å²) >= 11 is 0. The molecule has 3 aromatic heterocycles. The van der Waals surface area contributed by atoms with Gasteiger partial charge in [0.1, 0.15) is 11.4 Å². The number of nitrogens with two attached hydrogens (primary N) is 1. The molecule has 0 aliphatic carbocycles. The number of hydrogen-bond acceptors (Lipinski definition) is 19. The first-order chi connectivity index (χ1) is 24.6. The molecule has 0 spiro atoms. The summed E-state index contributed by atoms with van der Waals surface area (Å²) in [6.07, 6.45) is -2.97. The number of carboxylic acid groups (broad SMARTS) is 2. The highest BCUT2D eigenvalue weighted by Crippen LogP contribution is 2.33. The molecule has 1 aliphatic heterocycles. The highest BCUT2D eigenvalue weighted by Gasteiger charge is 2.31. The molecule has 1 aromatic carbocycles. The largest absolute Gasteiger partial charge is 0.477 e. The SMILES string of the molecule is C/C(=N\Nc1nn[nH]n1)C(=O)N1CCC(c2ccc(C(F)(F)F)cc2)CC1.C/C(=N\Nc1nn[nH]n1)C(=O)O.CC(=O)C(=O)O.NNc1nn[nH]n1. The normalized spacial score (nSPS) is 13.2. The van der Waals surface area contributed by atoms with Crippen LogP contribution in [-0.2, 0) is 25.4 Å². The van der Waals surface area contributed by atoms with Gasteiger partial charge in [-0.25, -0.2) is 26.3 Å². The van der Waals surface area contributed by atoms with Gasteiger partial charge in [0.25, 0.3) is 23.8 Å². The zero-order chi connectivity index (χ0) is 38.7. The number of aromatic nitrogens is 12. The average Bonchev–Trinajstić information content (AvgIpc) is 3.95. The molecule has 4 heterocycles. The second kappa shape index (κ2) is 20.5. The van der Waals surface area contributed by atoms with Crippen molar-refractivity contribution < 1.29 is 42.6 Å². The van der Waals surface area contributed by atoms with E-state index in [1.165, 1.54) is 19.1 Å². The number of nitrogens with one attached hydrogen (secondary N) is 6. The number of aliphatic carboxylic acids is 2. The van der Waals surface area contributed by atoms with Gasteiger partial charge < -0.3 is 15.1 Å². The van der Waals surface area contributed by atoms with Gasteiger partial charge in [-0.2, -0.15) is 39.0 Å². The van der Waals surface area contributed by atoms with Crippen LogP contribution in [0.3, 0.4) is 0 Å². The van der Waals surface area contributed by atoms with Crippen molar-refractivity contribution in [1.82, 2.24) is 66.8 Å². The summed E-state index contributed by atoms with van der Waals surface area (Å²) < 4.78 is 38.0. The number of H-pyrrole nitrogens is 3. The molecule has 10 N–H and O–H groups in total. The maximum Gasteiger partial charge on any atom is 0.416 e. The molecular weight excluding hydrogens is 707 g/mol. The van der Waals surface area contributed by atoms with E-state index in [2.05, 4.69) is 88.4 Å². The van der Waals surface area contributed by atoms with E-state index in [-0.39, 0.29) is 35.1 Å². The van der Waals surface area contributed by atoms with Crippen LogP contribution in [0.1, 0.15) is 50.7 Å². The highest BCUT2D eigenvalue weighted by molar-refractivity contribution is 6.38. The van der Waals surface area contributed by atoms with Crippen LogP contribution in [0.2, 0.25) is 0 Å². The highest BCUT2D eigenvalue weighted by atomic mass is 19.4. The van der Waals surface area contributed by atoms with E-state index in [1.54, 1.807) is 11.8 Å². The molecule has 1 aliphatic rings. The van der Waals surface area contributed by atoms with E-state index >= 15 is 0 Å². The molecule has 0 unspecified atom stereocenters. The average molecular weight is 740 g/mol. The number of carbonyl (C=O) groups excluding carboxylic acids is 2. The molecule has 280 valence electrons. The van der Waals surface area contributed by atoms with E-state index in [0.717, 1.165) is 24.6 Å². The lowest BCUT2D eigenvalue weighted by Crippen LogP contribution is -2.41. The van der Waals surface area contributed by atoms with Gasteiger partial charge >= 0.3 is 18.1 Å². The number of benzene rings is 1. The summed E-state index contributed by atoms with van der Waals surface area (Å²) in [5.41, 5.74) is 7.40. The first-order valence-electron chi connectivity index (χ1n) is 14.3. The summed E-state index contributed by atoms with van der Waals surface area (Å²) in [6.45, 7) is 4.95. The van der Waals surface area contributed by atoms with E-state index < -0.39 is 29.5 Å². The quantitative estimate of drug-likeness (QED) is 0.0457. The Morgan fingerprint density at radius 2 is 1.23 bits per heavy atom. The predicted molar refractivity (Wildman–Crippen MR) is 170 cm³/mol. The smallest absolute Gasteiger partial charge is 0.416 e. The number of halogens is 3. The van der Waals surface area contributed by atoms with Crippen LogP contribution in [0, 0.1) is 0 Å². The zero-order valence-corrected chi connectivity index (χ0v) is 27.3. The second-order valence-electron chi connectivity index (χ2n) is 9.82. The number of hydrazine groups is 1. The van der Waals surface area contributed by atoms with Crippen LogP contribution in [-0.4, -0.2) is 125 Å². The Hall–Kier alpha value is -7.00. The van der Waals surface area contributed by atoms with Gasteiger partial charge in [0.2, 0.25) is 5.78 Å². The van der Waals surface area contributed by atoms with E-state index in [1.807, 2.05) is 0 Å². The third-order valence-corrected chi connectivity index (χ3v) is 6.22. The number of carbonyl (C=O) groups is 4. The number of likely N-dealkylation sites (tertiary alicyclic amines) is 1. The molecule has 4 aromatic rings. The minimum absolute atomic E-state index is 0.0835. The molecule has 25 nitrogen and oxygen atoms in total. The number of anilines is 3. The molecule has 0 radical (unpaired) electrons. The molecule has 1 fully saturated rings. The molecule has 0 bridgehead atoms. The molecular formula is C24H32F3N19O6. The number of aromatic amines is 3. The fourth-order valence-electron chi connectivity index (χ4n) is 3.59. The van der Waals surface area contributed by atoms with Gasteiger partial charge in [0.05, 0.1) is 5.56 Å². The number of carboxylic acids is 2. The fraction of sp³-hybridized carbons (Fsp3) is 0.375. The zero-order valence-electron chi connectivity index (χ0n) is 27.3. The molecule has 0 atom stereocenters. The van der Waals surface area contributed by atoms with Gasteiger partial charge in [0, 0.05) is 20.0 Å². The number of amides is 1. The molecule has 52 heavy (non-hydrogen) atoms. The third kappa shape index (κ3) is 14.6. The monoisotopic (exact) mass is 739 g/mol. The molecule has 1 saturated heterocycles. The lowest BCUT2D eigenvalue weighted by Gasteiger charge is -2.32. The molecule has 28 heteroatoms. The molecule has 5 rings (SSSR count). The Labute approximate surface area is 289 Å². The molecule has 1 amide bonds. The number of nitrogens with zero attached hydrogens (tertiary/aromatic N) is 12. The van der Waals surface area contributed by atoms with Crippen LogP contribution < -0.4 is 22.1 Å². The van der Waals surface area contributed by atoms with Gasteiger partial charge in [-0.1, -0.05) is 27.4 Å². The van der Waals surface area contributed by atoms with Crippen molar-refractivity contribution in [2.24, 2.45) is 16.0 Å². The lowest BCUT2D eigenvalue weighted by molar-refractivity contribution is -0.148. The minimum atomic E-state index is -4.33. The third-order valence-electron chi connectivity index (χ3n) is 6.22. The number of rotatable bonds is 9. The standard InChI is InChI=1S/C16H18F3N7O.C4H6N6O2.C3H4O3.CH4N6/c1-10(20-21-15-22-24-25-23-15)14(27)26-8-6-12(7-9-26)11-2-4-13(5-3-11)16(17,18)19;1-2(3(11)12)5-6-4-7-9-10-8-4;1-2(4)3(5)6;2-3-1-4-6-7-5-1/h2-5,12H,6-9H2,1H3,(H2,21,22,23,24,25);1H3,(H,11,12)(H2,6,7,8,9,10);1H3,(H,5,6);2H2,(H2,3,4,5,6,7)/b20-10+;5-2+;;. The minimum Gasteiger partial charge on any atom is -0.477 e. The topological polar surface area (TPSA) is 362 Å². The Morgan fingerprint density at radius 3 is 1.58 bits per heavy atom. The van der Waals surface area contributed by atoms with Crippen molar-refractivity contribution in [3.05, 3.63) is 35.4 Å². The van der Waals surface area contributed by atoms with Crippen molar-refractivity contribution in [1.29, 1.82) is 0 Å². The number of hydrazone groups is 2. The van der Waals surface area contributed by atoms with Crippen LogP contribution in [0.25, 0.3) is 0 Å². The van der Waals surface area contributed by atoms with Crippen molar-refractivity contribution >= 4 is 52.9 Å². The van der Waals surface area contributed by atoms with Crippen molar-refractivity contribution in [2.45, 2.75) is 45.7 Å². The van der Waals surface area contributed by atoms with E-state index in [9.17, 15) is 32.3 Å². The fourth-order valence-corrected chi connectivity index (χ4v) is 3.59. The number of hydrogen-bond donors (Lipinski definition) is 9. The Balaban J connectivity index is 0.000000305. The number of alkyl halides is 3. The van der Waals surface area contributed by atoms with Gasteiger partial charge in [-0.05, 0) is 65.9 Å². The lowest BCUT2D eigenvalue weighted by atomic mass is 9.89. The van der Waals surface area contributed by atoms with Crippen molar-refractivity contribution in [2.75, 3.05) is 29.4 Å². The second-order valence-corrected chi connectivity index (χ2v) is 9.82. The number of Topliss-reactive ketones (excluding diaryl/α,β-unsaturated/α-hetero) is 1. The summed E-state index contributed by atoms with van der Waals surface area (Å²) in [6, 6.07) is 5.25. The maximum absolute atomic E-state index is 12.7. The van der Waals surface area contributed by atoms with Gasteiger partial charge in [-0.3, -0.25) is 15.0 Å². The van der Waals surface area contributed by atoms with Crippen LogP contribution in [0.15, 0.2) is 34.5 Å². The van der Waals surface area contributed by atoms with Crippen LogP contribution in [0.4, 0.5) is 31.0 Å². The predicted octanol–water partition coefficient (Wildman–Crippen LogP) is -0.370. The van der Waals surface area contributed by atoms with E-state index in [0.29, 0.717) is 31.9 Å². The summed E-state index contributed by atoms with van der Waals surface area (Å²) in [5.74, 6) is 2.04. The maximum atomic E-state index is 12.7. The van der Waals surface area contributed by atoms with Gasteiger partial charge in [-0.15, -0.1) is 15.3 Å². The summed E-state index contributed by atoms with van der Waals surface area (Å²) in [4.78, 5) is 43.2. The van der Waals surface area contributed by atoms with Crippen molar-refractivity contribution in [3.63, 3.8) is 0 Å². The number of nitrogen functional groups attached to an aromatic ring is 1. The Kier molecular flexibility index (Phi) is 16.2. The number of piperidine rings is 1. The Bertz CT molecular complexity index is 1730. The van der Waals surface area contributed by atoms with Crippen molar-refractivity contribution in [3.8, 4) is 0 Å².